The standard InChI is InChI=1S/C8H9ClO2/c1-5-2-3-6(4-10)7(9)8(5)11/h2-3,10-11H,4H2,1H3. The van der Waals surface area contributed by atoms with Crippen LogP contribution in [-0.4, -0.2) is 10.2 Å². The molecule has 0 heterocycles. The molecule has 11 heavy (non-hydrogen) atoms. The van der Waals surface area contributed by atoms with E-state index in [2.05, 4.69) is 0 Å². The minimum Gasteiger partial charge on any atom is -0.506 e. The second-order valence-electron chi connectivity index (χ2n) is 2.36. The fourth-order valence-electron chi connectivity index (χ4n) is 0.825. The first-order valence-corrected chi connectivity index (χ1v) is 3.62. The summed E-state index contributed by atoms with van der Waals surface area (Å²) in [5.41, 5.74) is 1.27. The summed E-state index contributed by atoms with van der Waals surface area (Å²) in [5.74, 6) is 0.0539. The third-order valence-electron chi connectivity index (χ3n) is 1.57. The summed E-state index contributed by atoms with van der Waals surface area (Å²) in [6.07, 6.45) is 0. The largest absolute Gasteiger partial charge is 0.506 e. The number of hydrogen-bond acceptors (Lipinski definition) is 2. The summed E-state index contributed by atoms with van der Waals surface area (Å²) in [4.78, 5) is 0. The van der Waals surface area contributed by atoms with Crippen molar-refractivity contribution in [3.05, 3.63) is 28.3 Å². The van der Waals surface area contributed by atoms with Gasteiger partial charge >= 0.3 is 0 Å². The molecule has 1 aromatic carbocycles. The Bertz CT molecular complexity index is 271. The molecular weight excluding hydrogens is 164 g/mol. The first kappa shape index (κ1) is 8.37. The molecule has 0 atom stereocenters. The predicted molar refractivity (Wildman–Crippen MR) is 43.8 cm³/mol. The molecule has 0 radical (unpaired) electrons. The van der Waals surface area contributed by atoms with Crippen LogP contribution >= 0.6 is 11.6 Å². The van der Waals surface area contributed by atoms with Crippen molar-refractivity contribution in [2.24, 2.45) is 0 Å². The maximum Gasteiger partial charge on any atom is 0.137 e. The molecule has 0 spiro atoms. The van der Waals surface area contributed by atoms with Crippen LogP contribution in [0.25, 0.3) is 0 Å². The normalized spacial score (nSPS) is 10.1. The molecule has 3 heteroatoms. The molecule has 1 rings (SSSR count). The zero-order valence-electron chi connectivity index (χ0n) is 6.13. The lowest BCUT2D eigenvalue weighted by atomic mass is 10.1. The van der Waals surface area contributed by atoms with Crippen molar-refractivity contribution in [1.82, 2.24) is 0 Å². The quantitative estimate of drug-likeness (QED) is 0.679. The van der Waals surface area contributed by atoms with Gasteiger partial charge < -0.3 is 10.2 Å². The molecule has 0 bridgehead atoms. The Kier molecular flexibility index (Phi) is 2.37. The van der Waals surface area contributed by atoms with Crippen LogP contribution in [0.5, 0.6) is 5.75 Å². The molecule has 0 saturated heterocycles. The number of phenolic OH excluding ortho intramolecular Hbond substituents is 1. The molecule has 0 unspecified atom stereocenters. The molecule has 2 nitrogen and oxygen atoms in total. The number of aliphatic hydroxyl groups is 1. The van der Waals surface area contributed by atoms with E-state index in [-0.39, 0.29) is 17.4 Å². The maximum atomic E-state index is 9.28. The van der Waals surface area contributed by atoms with Gasteiger partial charge in [0, 0.05) is 0 Å². The van der Waals surface area contributed by atoms with Gasteiger partial charge in [-0.2, -0.15) is 0 Å². The average molecular weight is 173 g/mol. The van der Waals surface area contributed by atoms with Gasteiger partial charge in [0.05, 0.1) is 11.6 Å². The third kappa shape index (κ3) is 1.47. The van der Waals surface area contributed by atoms with E-state index in [9.17, 15) is 5.11 Å². The van der Waals surface area contributed by atoms with Gasteiger partial charge in [-0.05, 0) is 18.1 Å². The lowest BCUT2D eigenvalue weighted by Gasteiger charge is -2.04. The first-order chi connectivity index (χ1) is 5.16. The summed E-state index contributed by atoms with van der Waals surface area (Å²) in [6, 6.07) is 3.41. The van der Waals surface area contributed by atoms with Gasteiger partial charge in [-0.25, -0.2) is 0 Å². The second kappa shape index (κ2) is 3.11. The van der Waals surface area contributed by atoms with Crippen LogP contribution in [0.1, 0.15) is 11.1 Å². The van der Waals surface area contributed by atoms with Crippen molar-refractivity contribution in [1.29, 1.82) is 0 Å². The van der Waals surface area contributed by atoms with Crippen LogP contribution in [0.3, 0.4) is 0 Å². The number of aryl methyl sites for hydroxylation is 1. The van der Waals surface area contributed by atoms with E-state index in [0.29, 0.717) is 11.1 Å². The number of aliphatic hydroxyl groups excluding tert-OH is 1. The Morgan fingerprint density at radius 2 is 2.09 bits per heavy atom. The van der Waals surface area contributed by atoms with Crippen LogP contribution < -0.4 is 0 Å². The minimum atomic E-state index is -0.146. The van der Waals surface area contributed by atoms with Gasteiger partial charge in [-0.15, -0.1) is 0 Å². The van der Waals surface area contributed by atoms with E-state index in [1.165, 1.54) is 0 Å². The molecule has 0 fully saturated rings. The smallest absolute Gasteiger partial charge is 0.137 e. The molecule has 0 aliphatic rings. The molecule has 0 aromatic heterocycles. The van der Waals surface area contributed by atoms with E-state index in [0.717, 1.165) is 0 Å². The Hall–Kier alpha value is -0.730. The van der Waals surface area contributed by atoms with Gasteiger partial charge in [0.25, 0.3) is 0 Å². The summed E-state index contributed by atoms with van der Waals surface area (Å²) < 4.78 is 0. The molecule has 60 valence electrons. The minimum absolute atomic E-state index is 0.0539. The molecular formula is C8H9ClO2. The molecule has 0 aliphatic carbocycles. The van der Waals surface area contributed by atoms with E-state index in [1.54, 1.807) is 19.1 Å². The Balaban J connectivity index is 3.25. The second-order valence-corrected chi connectivity index (χ2v) is 2.74. The zero-order valence-corrected chi connectivity index (χ0v) is 6.89. The topological polar surface area (TPSA) is 40.5 Å². The third-order valence-corrected chi connectivity index (χ3v) is 1.99. The van der Waals surface area contributed by atoms with Crippen molar-refractivity contribution in [2.45, 2.75) is 13.5 Å². The van der Waals surface area contributed by atoms with Crippen molar-refractivity contribution in [2.75, 3.05) is 0 Å². The zero-order chi connectivity index (χ0) is 8.43. The number of aromatic hydroxyl groups is 1. The van der Waals surface area contributed by atoms with Gasteiger partial charge in [0.1, 0.15) is 5.75 Å². The predicted octanol–water partition coefficient (Wildman–Crippen LogP) is 1.85. The highest BCUT2D eigenvalue weighted by Crippen LogP contribution is 2.30. The number of rotatable bonds is 1. The molecule has 0 saturated carbocycles. The van der Waals surface area contributed by atoms with Crippen LogP contribution in [-0.2, 0) is 6.61 Å². The fraction of sp³-hybridized carbons (Fsp3) is 0.250. The van der Waals surface area contributed by atoms with Gasteiger partial charge in [0.2, 0.25) is 0 Å². The highest BCUT2D eigenvalue weighted by molar-refractivity contribution is 6.32. The Morgan fingerprint density at radius 3 is 2.64 bits per heavy atom. The van der Waals surface area contributed by atoms with Gasteiger partial charge in [-0.3, -0.25) is 0 Å². The summed E-state index contributed by atoms with van der Waals surface area (Å²) >= 11 is 5.69. The van der Waals surface area contributed by atoms with Crippen molar-refractivity contribution >= 4 is 11.6 Å². The van der Waals surface area contributed by atoms with Crippen LogP contribution in [0.15, 0.2) is 12.1 Å². The monoisotopic (exact) mass is 172 g/mol. The summed E-state index contributed by atoms with van der Waals surface area (Å²) in [6.45, 7) is 1.61. The Labute approximate surface area is 70.1 Å². The van der Waals surface area contributed by atoms with E-state index in [1.807, 2.05) is 0 Å². The maximum absolute atomic E-state index is 9.28. The van der Waals surface area contributed by atoms with Crippen molar-refractivity contribution in [3.8, 4) is 5.75 Å². The number of hydrogen-bond donors (Lipinski definition) is 2. The van der Waals surface area contributed by atoms with Crippen LogP contribution in [0.2, 0.25) is 5.02 Å². The number of halogens is 1. The van der Waals surface area contributed by atoms with Crippen LogP contribution in [0, 0.1) is 6.92 Å². The molecule has 1 aromatic rings. The lowest BCUT2D eigenvalue weighted by Crippen LogP contribution is -1.86. The van der Waals surface area contributed by atoms with E-state index >= 15 is 0 Å². The highest BCUT2D eigenvalue weighted by Gasteiger charge is 2.05. The highest BCUT2D eigenvalue weighted by atomic mass is 35.5. The molecule has 0 amide bonds. The van der Waals surface area contributed by atoms with Crippen LogP contribution in [0.4, 0.5) is 0 Å². The average Bonchev–Trinajstić information content (AvgIpc) is 2.01. The SMILES string of the molecule is Cc1ccc(CO)c(Cl)c1O. The molecule has 0 aliphatic heterocycles. The number of phenols is 1. The summed E-state index contributed by atoms with van der Waals surface area (Å²) in [5, 5.41) is 18.3. The van der Waals surface area contributed by atoms with Crippen molar-refractivity contribution < 1.29 is 10.2 Å². The van der Waals surface area contributed by atoms with Gasteiger partial charge in [0.15, 0.2) is 0 Å². The fourth-order valence-corrected chi connectivity index (χ4v) is 1.10. The Morgan fingerprint density at radius 1 is 1.45 bits per heavy atom. The first-order valence-electron chi connectivity index (χ1n) is 3.24. The number of benzene rings is 1. The van der Waals surface area contributed by atoms with E-state index < -0.39 is 0 Å². The molecule has 2 N–H and O–H groups in total. The van der Waals surface area contributed by atoms with E-state index in [4.69, 9.17) is 16.7 Å². The lowest BCUT2D eigenvalue weighted by molar-refractivity contribution is 0.281. The summed E-state index contributed by atoms with van der Waals surface area (Å²) in [7, 11) is 0. The van der Waals surface area contributed by atoms with Gasteiger partial charge in [-0.1, -0.05) is 23.7 Å². The van der Waals surface area contributed by atoms with Crippen molar-refractivity contribution in [3.63, 3.8) is 0 Å².